The van der Waals surface area contributed by atoms with Crippen LogP contribution in [0.15, 0.2) is 60.9 Å². The Hall–Kier alpha value is -2.53. The molecule has 0 fully saturated rings. The number of aliphatic hydroxyl groups is 1. The van der Waals surface area contributed by atoms with Crippen LogP contribution in [0, 0.1) is 11.6 Å². The molecule has 0 spiro atoms. The Morgan fingerprint density at radius 3 is 2.59 bits per heavy atom. The number of hydrogen-bond acceptors (Lipinski definition) is 2. The van der Waals surface area contributed by atoms with Gasteiger partial charge in [0.25, 0.3) is 0 Å². The molecular weight excluding hydrogens is 286 g/mol. The average molecular weight is 300 g/mol. The van der Waals surface area contributed by atoms with E-state index in [4.69, 9.17) is 0 Å². The molecule has 1 N–H and O–H groups in total. The van der Waals surface area contributed by atoms with Gasteiger partial charge in [-0.15, -0.1) is 0 Å². The molecule has 5 heteroatoms. The average Bonchev–Trinajstić information content (AvgIpc) is 2.99. The van der Waals surface area contributed by atoms with E-state index in [0.29, 0.717) is 0 Å². The van der Waals surface area contributed by atoms with Crippen LogP contribution in [0.1, 0.15) is 11.7 Å². The number of hydrogen-bond donors (Lipinski definition) is 1. The van der Waals surface area contributed by atoms with Gasteiger partial charge in [0.1, 0.15) is 17.7 Å². The largest absolute Gasteiger partial charge is 0.386 e. The van der Waals surface area contributed by atoms with Crippen molar-refractivity contribution in [2.75, 3.05) is 0 Å². The van der Waals surface area contributed by atoms with E-state index in [1.165, 1.54) is 4.68 Å². The lowest BCUT2D eigenvalue weighted by molar-refractivity contribution is 0.147. The lowest BCUT2D eigenvalue weighted by Crippen LogP contribution is -2.11. The zero-order chi connectivity index (χ0) is 15.5. The van der Waals surface area contributed by atoms with Crippen molar-refractivity contribution in [2.24, 2.45) is 0 Å². The van der Waals surface area contributed by atoms with Crippen LogP contribution in [-0.4, -0.2) is 14.9 Å². The van der Waals surface area contributed by atoms with Gasteiger partial charge in [0, 0.05) is 17.3 Å². The molecule has 1 unspecified atom stereocenters. The highest BCUT2D eigenvalue weighted by atomic mass is 19.1. The van der Waals surface area contributed by atoms with Crippen LogP contribution in [0.2, 0.25) is 0 Å². The zero-order valence-electron chi connectivity index (χ0n) is 11.7. The monoisotopic (exact) mass is 300 g/mol. The van der Waals surface area contributed by atoms with E-state index in [0.717, 1.165) is 29.3 Å². The summed E-state index contributed by atoms with van der Waals surface area (Å²) in [7, 11) is 0. The smallest absolute Gasteiger partial charge is 0.129 e. The molecule has 0 saturated heterocycles. The van der Waals surface area contributed by atoms with Crippen LogP contribution >= 0.6 is 0 Å². The minimum absolute atomic E-state index is 0.0488. The molecule has 0 aliphatic carbocycles. The van der Waals surface area contributed by atoms with Gasteiger partial charge in [-0.1, -0.05) is 30.3 Å². The van der Waals surface area contributed by atoms with Crippen molar-refractivity contribution >= 4 is 0 Å². The Balaban J connectivity index is 1.79. The highest BCUT2D eigenvalue weighted by Gasteiger charge is 2.15. The lowest BCUT2D eigenvalue weighted by Gasteiger charge is -2.12. The normalized spacial score (nSPS) is 12.3. The van der Waals surface area contributed by atoms with E-state index < -0.39 is 17.7 Å². The maximum absolute atomic E-state index is 13.6. The first kappa shape index (κ1) is 14.4. The van der Waals surface area contributed by atoms with Crippen molar-refractivity contribution in [1.29, 1.82) is 0 Å². The van der Waals surface area contributed by atoms with Gasteiger partial charge >= 0.3 is 0 Å². The van der Waals surface area contributed by atoms with Crippen molar-refractivity contribution in [3.05, 3.63) is 78.1 Å². The fourth-order valence-electron chi connectivity index (χ4n) is 2.29. The van der Waals surface area contributed by atoms with E-state index in [1.54, 1.807) is 12.4 Å². The van der Waals surface area contributed by atoms with Gasteiger partial charge in [-0.3, -0.25) is 4.68 Å². The topological polar surface area (TPSA) is 38.0 Å². The summed E-state index contributed by atoms with van der Waals surface area (Å²) in [5.74, 6) is -1.22. The Morgan fingerprint density at radius 1 is 1.05 bits per heavy atom. The summed E-state index contributed by atoms with van der Waals surface area (Å²) in [5.41, 5.74) is 1.82. The number of benzene rings is 2. The summed E-state index contributed by atoms with van der Waals surface area (Å²) < 4.78 is 28.3. The number of aromatic nitrogens is 2. The molecule has 3 aromatic rings. The fourth-order valence-corrected chi connectivity index (χ4v) is 2.29. The molecule has 0 saturated carbocycles. The quantitative estimate of drug-likeness (QED) is 0.800. The molecule has 0 radical (unpaired) electrons. The second-order valence-electron chi connectivity index (χ2n) is 5.00. The first-order valence-electron chi connectivity index (χ1n) is 6.84. The van der Waals surface area contributed by atoms with E-state index in [9.17, 15) is 13.9 Å². The van der Waals surface area contributed by atoms with E-state index >= 15 is 0 Å². The third-order valence-corrected chi connectivity index (χ3v) is 3.42. The maximum atomic E-state index is 13.6. The summed E-state index contributed by atoms with van der Waals surface area (Å²) >= 11 is 0. The highest BCUT2D eigenvalue weighted by molar-refractivity contribution is 5.61. The first-order valence-corrected chi connectivity index (χ1v) is 6.84. The van der Waals surface area contributed by atoms with Gasteiger partial charge in [0.15, 0.2) is 0 Å². The number of aliphatic hydroxyl groups excluding tert-OH is 1. The van der Waals surface area contributed by atoms with Crippen molar-refractivity contribution < 1.29 is 13.9 Å². The third kappa shape index (κ3) is 3.04. The molecule has 0 bridgehead atoms. The van der Waals surface area contributed by atoms with Crippen molar-refractivity contribution in [2.45, 2.75) is 12.6 Å². The lowest BCUT2D eigenvalue weighted by atomic mass is 10.1. The molecule has 2 aromatic carbocycles. The van der Waals surface area contributed by atoms with Crippen LogP contribution in [0.5, 0.6) is 0 Å². The fraction of sp³-hybridized carbons (Fsp3) is 0.118. The van der Waals surface area contributed by atoms with Crippen LogP contribution in [0.25, 0.3) is 11.1 Å². The number of rotatable bonds is 4. The van der Waals surface area contributed by atoms with Gasteiger partial charge in [-0.05, 0) is 23.8 Å². The molecule has 0 aliphatic rings. The molecule has 3 nitrogen and oxygen atoms in total. The molecule has 22 heavy (non-hydrogen) atoms. The van der Waals surface area contributed by atoms with Gasteiger partial charge in [0.05, 0.1) is 12.7 Å². The molecule has 0 aliphatic heterocycles. The minimum Gasteiger partial charge on any atom is -0.386 e. The van der Waals surface area contributed by atoms with E-state index in [-0.39, 0.29) is 12.1 Å². The van der Waals surface area contributed by atoms with Gasteiger partial charge in [-0.25, -0.2) is 8.78 Å². The standard InChI is InChI=1S/C17H14F2N2O/c18-14-6-7-16(19)15(8-14)17(22)11-21-10-13(9-20-21)12-4-2-1-3-5-12/h1-10,17,22H,11H2. The first-order chi connectivity index (χ1) is 10.6. The van der Waals surface area contributed by atoms with Crippen LogP contribution in [0.3, 0.4) is 0 Å². The summed E-state index contributed by atoms with van der Waals surface area (Å²) in [6.45, 7) is 0.0488. The molecule has 0 amide bonds. The van der Waals surface area contributed by atoms with Gasteiger partial charge in [-0.2, -0.15) is 5.10 Å². The summed E-state index contributed by atoms with van der Waals surface area (Å²) in [6, 6.07) is 12.7. The zero-order valence-corrected chi connectivity index (χ0v) is 11.7. The predicted octanol–water partition coefficient (Wildman–Crippen LogP) is 3.56. The van der Waals surface area contributed by atoms with Crippen molar-refractivity contribution in [3.8, 4) is 11.1 Å². The summed E-state index contributed by atoms with van der Waals surface area (Å²) in [6.07, 6.45) is 2.26. The SMILES string of the molecule is OC(Cn1cc(-c2ccccc2)cn1)c1cc(F)ccc1F. The molecule has 3 rings (SSSR count). The second kappa shape index (κ2) is 6.07. The molecule has 1 atom stereocenters. The maximum Gasteiger partial charge on any atom is 0.129 e. The van der Waals surface area contributed by atoms with Gasteiger partial charge < -0.3 is 5.11 Å². The van der Waals surface area contributed by atoms with Crippen LogP contribution in [-0.2, 0) is 6.54 Å². The highest BCUT2D eigenvalue weighted by Crippen LogP contribution is 2.22. The second-order valence-corrected chi connectivity index (χ2v) is 5.00. The predicted molar refractivity (Wildman–Crippen MR) is 79.0 cm³/mol. The summed E-state index contributed by atoms with van der Waals surface area (Å²) in [4.78, 5) is 0. The van der Waals surface area contributed by atoms with Crippen LogP contribution in [0.4, 0.5) is 8.78 Å². The molecule has 1 aromatic heterocycles. The Labute approximate surface area is 126 Å². The van der Waals surface area contributed by atoms with E-state index in [1.807, 2.05) is 30.3 Å². The Bertz CT molecular complexity index is 771. The molecule has 112 valence electrons. The minimum atomic E-state index is -1.17. The third-order valence-electron chi connectivity index (χ3n) is 3.42. The van der Waals surface area contributed by atoms with E-state index in [2.05, 4.69) is 5.10 Å². The van der Waals surface area contributed by atoms with Crippen molar-refractivity contribution in [1.82, 2.24) is 9.78 Å². The van der Waals surface area contributed by atoms with Crippen LogP contribution < -0.4 is 0 Å². The molecule has 1 heterocycles. The molecular formula is C17H14F2N2O. The Kier molecular flexibility index (Phi) is 3.98. The Morgan fingerprint density at radius 2 is 1.82 bits per heavy atom. The number of nitrogens with zero attached hydrogens (tertiary/aromatic N) is 2. The number of halogens is 2. The van der Waals surface area contributed by atoms with Crippen molar-refractivity contribution in [3.63, 3.8) is 0 Å². The van der Waals surface area contributed by atoms with Gasteiger partial charge in [0.2, 0.25) is 0 Å². The summed E-state index contributed by atoms with van der Waals surface area (Å²) in [5, 5.41) is 14.2.